The number of nitrogens with one attached hydrogen (secondary N) is 2. The zero-order valence-corrected chi connectivity index (χ0v) is 15.1. The topological polar surface area (TPSA) is 74.8 Å². The third-order valence-electron chi connectivity index (χ3n) is 4.47. The molecule has 2 aromatic rings. The molecule has 128 valence electrons. The fourth-order valence-corrected chi connectivity index (χ4v) is 4.92. The van der Waals surface area contributed by atoms with Crippen molar-refractivity contribution in [3.8, 4) is 0 Å². The molecule has 5 nitrogen and oxygen atoms in total. The number of allylic oxidation sites excluding steroid dienone is 2. The largest absolute Gasteiger partial charge is 0.343 e. The molecule has 2 atom stereocenters. The molecule has 7 heteroatoms. The second-order valence-electron chi connectivity index (χ2n) is 5.99. The third-order valence-corrected chi connectivity index (χ3v) is 6.29. The van der Waals surface area contributed by atoms with Crippen LogP contribution in [-0.4, -0.2) is 21.5 Å². The average molecular weight is 371 g/mol. The van der Waals surface area contributed by atoms with Crippen LogP contribution in [0.4, 0.5) is 5.82 Å². The Hall–Kier alpha value is -2.12. The Balaban J connectivity index is 1.89. The van der Waals surface area contributed by atoms with Crippen molar-refractivity contribution in [3.05, 3.63) is 62.7 Å². The number of ketones is 1. The molecule has 0 saturated carbocycles. The maximum atomic E-state index is 12.8. The van der Waals surface area contributed by atoms with Crippen molar-refractivity contribution >= 4 is 34.7 Å². The number of aromatic nitrogens is 2. The van der Waals surface area contributed by atoms with Crippen molar-refractivity contribution < 1.29 is 4.79 Å². The van der Waals surface area contributed by atoms with Gasteiger partial charge in [-0.3, -0.25) is 9.59 Å². The highest BCUT2D eigenvalue weighted by atomic mass is 32.2. The van der Waals surface area contributed by atoms with Gasteiger partial charge in [0, 0.05) is 28.7 Å². The Bertz CT molecular complexity index is 915. The summed E-state index contributed by atoms with van der Waals surface area (Å²) in [7, 11) is 0. The number of Topliss-reactive ketones (excluding diaryl/α,β-unsaturated/α-hetero) is 1. The first kappa shape index (κ1) is 16.4. The summed E-state index contributed by atoms with van der Waals surface area (Å²) in [5.41, 5.74) is 1.25. The summed E-state index contributed by atoms with van der Waals surface area (Å²) in [5.74, 6) is 0.809. The number of fused-ring (bicyclic) bond motifs is 2. The molecule has 4 rings (SSSR count). The van der Waals surface area contributed by atoms with E-state index in [2.05, 4.69) is 27.9 Å². The molecule has 2 N–H and O–H groups in total. The van der Waals surface area contributed by atoms with Crippen LogP contribution < -0.4 is 10.9 Å². The summed E-state index contributed by atoms with van der Waals surface area (Å²) in [6, 6.07) is 3.94. The van der Waals surface area contributed by atoms with Crippen molar-refractivity contribution in [1.82, 2.24) is 9.97 Å². The molecule has 0 unspecified atom stereocenters. The second-order valence-corrected chi connectivity index (χ2v) is 7.98. The average Bonchev–Trinajstić information content (AvgIpc) is 3.12. The number of carbonyl (C=O) groups is 1. The van der Waals surface area contributed by atoms with Gasteiger partial charge < -0.3 is 10.3 Å². The SMILES string of the molecule is C=CCSc1nc2c(c(=O)[nH]1)[C@H](c1cccs1)[C@H]1C(=O)CCC=C1N2. The Morgan fingerprint density at radius 2 is 2.28 bits per heavy atom. The molecule has 3 heterocycles. The van der Waals surface area contributed by atoms with Crippen LogP contribution in [0.3, 0.4) is 0 Å². The van der Waals surface area contributed by atoms with Crippen molar-refractivity contribution in [2.24, 2.45) is 5.92 Å². The van der Waals surface area contributed by atoms with Crippen LogP contribution in [0, 0.1) is 5.92 Å². The third kappa shape index (κ3) is 2.87. The van der Waals surface area contributed by atoms with Gasteiger partial charge in [-0.25, -0.2) is 4.98 Å². The monoisotopic (exact) mass is 371 g/mol. The summed E-state index contributed by atoms with van der Waals surface area (Å²) in [4.78, 5) is 33.9. The van der Waals surface area contributed by atoms with Gasteiger partial charge in [0.05, 0.1) is 11.5 Å². The van der Waals surface area contributed by atoms with E-state index in [0.717, 1.165) is 17.0 Å². The van der Waals surface area contributed by atoms with E-state index >= 15 is 0 Å². The second kappa shape index (κ2) is 6.65. The molecule has 0 radical (unpaired) electrons. The van der Waals surface area contributed by atoms with Crippen LogP contribution in [0.2, 0.25) is 0 Å². The highest BCUT2D eigenvalue weighted by Crippen LogP contribution is 2.45. The number of aromatic amines is 1. The van der Waals surface area contributed by atoms with E-state index < -0.39 is 0 Å². The first-order chi connectivity index (χ1) is 12.2. The van der Waals surface area contributed by atoms with Gasteiger partial charge in [0.25, 0.3) is 5.56 Å². The zero-order valence-electron chi connectivity index (χ0n) is 13.5. The minimum atomic E-state index is -0.325. The Kier molecular flexibility index (Phi) is 4.35. The van der Waals surface area contributed by atoms with Crippen molar-refractivity contribution in [1.29, 1.82) is 0 Å². The normalized spacial score (nSPS) is 21.8. The summed E-state index contributed by atoms with van der Waals surface area (Å²) in [6.07, 6.45) is 5.08. The summed E-state index contributed by atoms with van der Waals surface area (Å²) in [5, 5.41) is 5.79. The van der Waals surface area contributed by atoms with Crippen LogP contribution in [0.25, 0.3) is 0 Å². The number of thioether (sulfide) groups is 1. The fraction of sp³-hybridized carbons (Fsp3) is 0.278. The lowest BCUT2D eigenvalue weighted by atomic mass is 9.74. The van der Waals surface area contributed by atoms with Gasteiger partial charge in [0.2, 0.25) is 0 Å². The van der Waals surface area contributed by atoms with Gasteiger partial charge in [-0.2, -0.15) is 0 Å². The molecule has 0 fully saturated rings. The van der Waals surface area contributed by atoms with Gasteiger partial charge in [-0.1, -0.05) is 30.0 Å². The number of hydrogen-bond donors (Lipinski definition) is 2. The molecule has 2 aliphatic rings. The first-order valence-electron chi connectivity index (χ1n) is 8.10. The molecule has 1 aliphatic carbocycles. The predicted octanol–water partition coefficient (Wildman–Crippen LogP) is 3.53. The van der Waals surface area contributed by atoms with Crippen LogP contribution in [0.15, 0.2) is 51.9 Å². The predicted molar refractivity (Wildman–Crippen MR) is 101 cm³/mol. The lowest BCUT2D eigenvalue weighted by molar-refractivity contribution is -0.122. The quantitative estimate of drug-likeness (QED) is 0.489. The van der Waals surface area contributed by atoms with E-state index in [1.807, 2.05) is 17.5 Å². The lowest BCUT2D eigenvalue weighted by Gasteiger charge is -2.35. The smallest absolute Gasteiger partial charge is 0.257 e. The number of anilines is 1. The van der Waals surface area contributed by atoms with Crippen LogP contribution in [0.5, 0.6) is 0 Å². The standard InChI is InChI=1S/C18H17N3O2S2/c1-2-8-25-18-20-16-15(17(23)21-18)14(12-7-4-9-24-12)13-10(19-16)5-3-6-11(13)22/h2,4-5,7,9,13-14H,1,3,6,8H2,(H2,19,20,21,23)/t13-,14-/m1/s1. The number of nitrogens with zero attached hydrogens (tertiary/aromatic N) is 1. The Morgan fingerprint density at radius 3 is 3.04 bits per heavy atom. The molecule has 0 amide bonds. The van der Waals surface area contributed by atoms with Crippen molar-refractivity contribution in [3.63, 3.8) is 0 Å². The minimum Gasteiger partial charge on any atom is -0.343 e. The molecule has 0 saturated heterocycles. The van der Waals surface area contributed by atoms with Crippen LogP contribution in [-0.2, 0) is 4.79 Å². The molecular formula is C18H17N3O2S2. The lowest BCUT2D eigenvalue weighted by Crippen LogP contribution is -2.38. The van der Waals surface area contributed by atoms with Gasteiger partial charge in [0.1, 0.15) is 11.6 Å². The molecular weight excluding hydrogens is 354 g/mol. The van der Waals surface area contributed by atoms with Crippen LogP contribution >= 0.6 is 23.1 Å². The van der Waals surface area contributed by atoms with Gasteiger partial charge in [-0.15, -0.1) is 17.9 Å². The summed E-state index contributed by atoms with van der Waals surface area (Å²) in [6.45, 7) is 3.69. The molecule has 0 bridgehead atoms. The van der Waals surface area contributed by atoms with Crippen LogP contribution in [0.1, 0.15) is 29.2 Å². The van der Waals surface area contributed by atoms with E-state index in [1.54, 1.807) is 17.4 Å². The first-order valence-corrected chi connectivity index (χ1v) is 9.96. The van der Waals surface area contributed by atoms with E-state index in [1.165, 1.54) is 11.8 Å². The highest BCUT2D eigenvalue weighted by Gasteiger charge is 2.42. The Labute approximate surface area is 153 Å². The summed E-state index contributed by atoms with van der Waals surface area (Å²) < 4.78 is 0. The maximum absolute atomic E-state index is 12.8. The number of rotatable bonds is 4. The number of hydrogen-bond acceptors (Lipinski definition) is 6. The van der Waals surface area contributed by atoms with Crippen molar-refractivity contribution in [2.45, 2.75) is 23.9 Å². The van der Waals surface area contributed by atoms with Gasteiger partial charge in [-0.05, 0) is 17.9 Å². The number of thiophene rings is 1. The molecule has 1 aliphatic heterocycles. The minimum absolute atomic E-state index is 0.179. The molecule has 0 aromatic carbocycles. The van der Waals surface area contributed by atoms with E-state index in [9.17, 15) is 9.59 Å². The van der Waals surface area contributed by atoms with Gasteiger partial charge >= 0.3 is 0 Å². The van der Waals surface area contributed by atoms with Crippen molar-refractivity contribution in [2.75, 3.05) is 11.1 Å². The number of H-pyrrole nitrogens is 1. The van der Waals surface area contributed by atoms with Gasteiger partial charge in [0.15, 0.2) is 5.16 Å². The molecule has 2 aromatic heterocycles. The zero-order chi connectivity index (χ0) is 17.4. The number of carbonyl (C=O) groups excluding carboxylic acids is 1. The maximum Gasteiger partial charge on any atom is 0.257 e. The highest BCUT2D eigenvalue weighted by molar-refractivity contribution is 7.99. The Morgan fingerprint density at radius 1 is 1.40 bits per heavy atom. The summed E-state index contributed by atoms with van der Waals surface area (Å²) >= 11 is 3.00. The van der Waals surface area contributed by atoms with E-state index in [4.69, 9.17) is 0 Å². The molecule has 0 spiro atoms. The van der Waals surface area contributed by atoms with E-state index in [-0.39, 0.29) is 23.2 Å². The van der Waals surface area contributed by atoms with E-state index in [0.29, 0.717) is 28.7 Å². The molecule has 25 heavy (non-hydrogen) atoms. The fourth-order valence-electron chi connectivity index (χ4n) is 3.45.